The van der Waals surface area contributed by atoms with Crippen molar-refractivity contribution in [3.8, 4) is 23.0 Å². The van der Waals surface area contributed by atoms with E-state index in [1.54, 1.807) is 30.3 Å². The smallest absolute Gasteiger partial charge is 0.270 e. The van der Waals surface area contributed by atoms with Gasteiger partial charge in [0, 0.05) is 11.6 Å². The van der Waals surface area contributed by atoms with Crippen LogP contribution in [0.5, 0.6) is 23.0 Å². The van der Waals surface area contributed by atoms with Crippen molar-refractivity contribution in [2.45, 2.75) is 0 Å². The number of carbonyl (C=O) groups is 3. The van der Waals surface area contributed by atoms with Gasteiger partial charge in [-0.15, -0.1) is 0 Å². The lowest BCUT2D eigenvalue weighted by molar-refractivity contribution is -0.122. The molecule has 2 heterocycles. The van der Waals surface area contributed by atoms with Crippen molar-refractivity contribution < 1.29 is 28.6 Å². The Bertz CT molecular complexity index is 1350. The Morgan fingerprint density at radius 1 is 0.941 bits per heavy atom. The van der Waals surface area contributed by atoms with Crippen LogP contribution >= 0.6 is 12.2 Å². The van der Waals surface area contributed by atoms with Crippen LogP contribution < -0.4 is 24.4 Å². The maximum atomic E-state index is 13.2. The van der Waals surface area contributed by atoms with E-state index in [0.29, 0.717) is 28.7 Å². The number of benzene rings is 3. The van der Waals surface area contributed by atoms with E-state index in [1.807, 2.05) is 30.3 Å². The Morgan fingerprint density at radius 3 is 2.41 bits per heavy atom. The normalized spacial score (nSPS) is 15.9. The minimum Gasteiger partial charge on any atom is -0.457 e. The predicted molar refractivity (Wildman–Crippen MR) is 126 cm³/mol. The molecule has 1 N–H and O–H groups in total. The van der Waals surface area contributed by atoms with Gasteiger partial charge in [0.1, 0.15) is 17.1 Å². The van der Waals surface area contributed by atoms with Crippen molar-refractivity contribution in [3.05, 3.63) is 90.0 Å². The highest BCUT2D eigenvalue weighted by atomic mass is 32.1. The third-order valence-corrected chi connectivity index (χ3v) is 5.39. The summed E-state index contributed by atoms with van der Waals surface area (Å²) in [6.07, 6.45) is 0.997. The second-order valence-corrected chi connectivity index (χ2v) is 7.69. The number of fused-ring (bicyclic) bond motifs is 1. The highest BCUT2D eigenvalue weighted by molar-refractivity contribution is 7.80. The molecule has 3 aromatic carbocycles. The number of hydrogen-bond acceptors (Lipinski definition) is 7. The van der Waals surface area contributed by atoms with Crippen LogP contribution in [0, 0.1) is 0 Å². The molecule has 0 atom stereocenters. The standard InChI is InChI=1S/C25H16N2O6S/c28-20(15-6-11-21-22(12-15)32-14-31-21)13-19-23(29)26-25(34)27(24(19)30)16-7-9-18(10-8-16)33-17-4-2-1-3-5-17/h1-13H,14H2,(H,26,29,34). The van der Waals surface area contributed by atoms with Gasteiger partial charge in [0.25, 0.3) is 11.8 Å². The van der Waals surface area contributed by atoms with Crippen molar-refractivity contribution in [2.75, 3.05) is 11.7 Å². The Labute approximate surface area is 199 Å². The molecule has 0 bridgehead atoms. The summed E-state index contributed by atoms with van der Waals surface area (Å²) in [5, 5.41) is 2.38. The van der Waals surface area contributed by atoms with Crippen LogP contribution in [0.1, 0.15) is 10.4 Å². The summed E-state index contributed by atoms with van der Waals surface area (Å²) in [4.78, 5) is 39.6. The molecule has 5 rings (SSSR count). The molecule has 0 spiro atoms. The quantitative estimate of drug-likeness (QED) is 0.262. The first kappa shape index (κ1) is 21.4. The number of amides is 2. The summed E-state index contributed by atoms with van der Waals surface area (Å²) < 4.78 is 16.3. The molecule has 168 valence electrons. The average molecular weight is 472 g/mol. The maximum Gasteiger partial charge on any atom is 0.270 e. The third-order valence-electron chi connectivity index (χ3n) is 5.11. The van der Waals surface area contributed by atoms with E-state index in [0.717, 1.165) is 11.0 Å². The Morgan fingerprint density at radius 2 is 1.65 bits per heavy atom. The molecule has 0 aromatic heterocycles. The lowest BCUT2D eigenvalue weighted by atomic mass is 10.0. The van der Waals surface area contributed by atoms with E-state index >= 15 is 0 Å². The van der Waals surface area contributed by atoms with E-state index in [2.05, 4.69) is 5.32 Å². The first-order valence-corrected chi connectivity index (χ1v) is 10.6. The summed E-state index contributed by atoms with van der Waals surface area (Å²) in [5.74, 6) is 0.179. The number of ether oxygens (including phenoxy) is 3. The number of carbonyl (C=O) groups excluding carboxylic acids is 3. The molecule has 0 radical (unpaired) electrons. The molecular weight excluding hydrogens is 456 g/mol. The molecule has 0 aliphatic carbocycles. The third kappa shape index (κ3) is 4.12. The largest absolute Gasteiger partial charge is 0.457 e. The topological polar surface area (TPSA) is 94.2 Å². The zero-order valence-corrected chi connectivity index (χ0v) is 18.3. The van der Waals surface area contributed by atoms with Gasteiger partial charge in [-0.05, 0) is 66.8 Å². The minimum atomic E-state index is -0.746. The van der Waals surface area contributed by atoms with Crippen LogP contribution in [0.4, 0.5) is 5.69 Å². The summed E-state index contributed by atoms with van der Waals surface area (Å²) >= 11 is 5.21. The van der Waals surface area contributed by atoms with Gasteiger partial charge in [0.2, 0.25) is 6.79 Å². The highest BCUT2D eigenvalue weighted by Crippen LogP contribution is 2.33. The van der Waals surface area contributed by atoms with Crippen molar-refractivity contribution >= 4 is 40.6 Å². The van der Waals surface area contributed by atoms with E-state index in [1.165, 1.54) is 12.1 Å². The fourth-order valence-corrected chi connectivity index (χ4v) is 3.73. The number of rotatable bonds is 5. The van der Waals surface area contributed by atoms with Crippen molar-refractivity contribution in [1.82, 2.24) is 5.32 Å². The number of anilines is 1. The zero-order valence-electron chi connectivity index (χ0n) is 17.5. The van der Waals surface area contributed by atoms with Gasteiger partial charge in [-0.1, -0.05) is 18.2 Å². The van der Waals surface area contributed by atoms with Gasteiger partial charge in [0.05, 0.1) is 5.69 Å². The van der Waals surface area contributed by atoms with Crippen molar-refractivity contribution in [2.24, 2.45) is 0 Å². The molecule has 0 saturated carbocycles. The molecular formula is C25H16N2O6S. The fourth-order valence-electron chi connectivity index (χ4n) is 3.44. The Balaban J connectivity index is 1.38. The number of hydrogen-bond donors (Lipinski definition) is 1. The Kier molecular flexibility index (Phi) is 5.52. The van der Waals surface area contributed by atoms with Gasteiger partial charge >= 0.3 is 0 Å². The molecule has 2 amide bonds. The SMILES string of the molecule is O=C1NC(=S)N(c2ccc(Oc3ccccc3)cc2)C(=O)C1=CC(=O)c1ccc2c(c1)OCO2. The molecule has 0 unspecified atom stereocenters. The van der Waals surface area contributed by atoms with E-state index in [-0.39, 0.29) is 23.0 Å². The van der Waals surface area contributed by atoms with E-state index < -0.39 is 17.6 Å². The van der Waals surface area contributed by atoms with Gasteiger partial charge in [-0.2, -0.15) is 0 Å². The van der Waals surface area contributed by atoms with Gasteiger partial charge < -0.3 is 14.2 Å². The minimum absolute atomic E-state index is 0.0660. The van der Waals surface area contributed by atoms with Gasteiger partial charge in [-0.25, -0.2) is 0 Å². The lowest BCUT2D eigenvalue weighted by Gasteiger charge is -2.28. The number of para-hydroxylation sites is 1. The number of allylic oxidation sites excluding steroid dienone is 1. The summed E-state index contributed by atoms with van der Waals surface area (Å²) in [6.45, 7) is 0.0660. The number of nitrogens with one attached hydrogen (secondary N) is 1. The highest BCUT2D eigenvalue weighted by Gasteiger charge is 2.35. The molecule has 2 aliphatic rings. The lowest BCUT2D eigenvalue weighted by Crippen LogP contribution is -2.54. The average Bonchev–Trinajstić information content (AvgIpc) is 3.31. The molecule has 2 aliphatic heterocycles. The van der Waals surface area contributed by atoms with E-state index in [4.69, 9.17) is 26.4 Å². The van der Waals surface area contributed by atoms with Crippen LogP contribution in [0.3, 0.4) is 0 Å². The van der Waals surface area contributed by atoms with Crippen LogP contribution in [0.15, 0.2) is 84.4 Å². The van der Waals surface area contributed by atoms with Crippen molar-refractivity contribution in [1.29, 1.82) is 0 Å². The second-order valence-electron chi connectivity index (χ2n) is 7.30. The second kappa shape index (κ2) is 8.80. The first-order valence-electron chi connectivity index (χ1n) is 10.2. The van der Waals surface area contributed by atoms with Crippen LogP contribution in [0.25, 0.3) is 0 Å². The molecule has 9 heteroatoms. The fraction of sp³-hybridized carbons (Fsp3) is 0.0400. The predicted octanol–water partition coefficient (Wildman–Crippen LogP) is 3.76. The molecule has 1 saturated heterocycles. The summed E-state index contributed by atoms with van der Waals surface area (Å²) in [7, 11) is 0. The first-order chi connectivity index (χ1) is 16.5. The molecule has 8 nitrogen and oxygen atoms in total. The zero-order chi connectivity index (χ0) is 23.7. The Hall–Kier alpha value is -4.50. The molecule has 34 heavy (non-hydrogen) atoms. The van der Waals surface area contributed by atoms with Crippen molar-refractivity contribution in [3.63, 3.8) is 0 Å². The maximum absolute atomic E-state index is 13.2. The van der Waals surface area contributed by atoms with Crippen LogP contribution in [0.2, 0.25) is 0 Å². The number of ketones is 1. The number of thiocarbonyl (C=S) groups is 1. The van der Waals surface area contributed by atoms with E-state index in [9.17, 15) is 14.4 Å². The molecule has 3 aromatic rings. The van der Waals surface area contributed by atoms with Crippen LogP contribution in [-0.4, -0.2) is 29.5 Å². The monoisotopic (exact) mass is 472 g/mol. The van der Waals surface area contributed by atoms with Crippen LogP contribution in [-0.2, 0) is 9.59 Å². The summed E-state index contributed by atoms with van der Waals surface area (Å²) in [6, 6.07) is 20.5. The number of nitrogens with zero attached hydrogens (tertiary/aromatic N) is 1. The van der Waals surface area contributed by atoms with Gasteiger partial charge in [-0.3, -0.25) is 24.6 Å². The summed E-state index contributed by atoms with van der Waals surface area (Å²) in [5.41, 5.74) is 0.331. The molecule has 1 fully saturated rings. The van der Waals surface area contributed by atoms with Gasteiger partial charge in [0.15, 0.2) is 22.4 Å².